The summed E-state index contributed by atoms with van der Waals surface area (Å²) in [5.41, 5.74) is 1.32. The molecule has 0 aliphatic carbocycles. The van der Waals surface area contributed by atoms with Crippen LogP contribution in [0.4, 0.5) is 30.7 Å². The third kappa shape index (κ3) is 4.59. The zero-order valence-electron chi connectivity index (χ0n) is 11.8. The van der Waals surface area contributed by atoms with E-state index < -0.39 is 40.9 Å². The molecule has 0 saturated heterocycles. The Hall–Kier alpha value is -1.31. The number of hydrogen-bond donors (Lipinski definition) is 1. The number of unbranched alkanes of at least 4 members (excludes halogenated alkanes) is 2. The highest BCUT2D eigenvalue weighted by Crippen LogP contribution is 2.40. The topological polar surface area (TPSA) is 26.0 Å². The van der Waals surface area contributed by atoms with Gasteiger partial charge in [-0.25, -0.2) is 4.39 Å². The van der Waals surface area contributed by atoms with Crippen LogP contribution in [0.5, 0.6) is 0 Å². The quantitative estimate of drug-likeness (QED) is 0.564. The van der Waals surface area contributed by atoms with Gasteiger partial charge in [0.1, 0.15) is 5.82 Å². The molecule has 0 unspecified atom stereocenters. The maximum atomic E-state index is 13.9. The van der Waals surface area contributed by atoms with Crippen molar-refractivity contribution in [2.75, 3.05) is 0 Å². The fraction of sp³-hybridized carbons (Fsp3) is 0.571. The van der Waals surface area contributed by atoms with Crippen LogP contribution in [-0.2, 0) is 12.4 Å². The minimum atomic E-state index is -5.11. The van der Waals surface area contributed by atoms with E-state index in [4.69, 9.17) is 5.73 Å². The first-order chi connectivity index (χ1) is 9.98. The average Bonchev–Trinajstić information content (AvgIpc) is 2.35. The number of alkyl halides is 6. The number of rotatable bonds is 5. The Kier molecular flexibility index (Phi) is 5.83. The van der Waals surface area contributed by atoms with Gasteiger partial charge >= 0.3 is 12.4 Å². The standard InChI is InChI=1S/C14H16F7N/c1-2-3-4-5-11(22)12-9(14(19,20)21)6-8(7-10(12)15)13(16,17)18/h6-7,11H,2-5,22H2,1H3/t11-/m0/s1. The Balaban J connectivity index is 3.31. The van der Waals surface area contributed by atoms with E-state index in [0.717, 1.165) is 6.42 Å². The van der Waals surface area contributed by atoms with Crippen molar-refractivity contribution >= 4 is 0 Å². The van der Waals surface area contributed by atoms with Gasteiger partial charge in [0, 0.05) is 11.6 Å². The third-order valence-corrected chi connectivity index (χ3v) is 3.25. The van der Waals surface area contributed by atoms with Gasteiger partial charge in [0.2, 0.25) is 0 Å². The molecule has 1 nitrogen and oxygen atoms in total. The van der Waals surface area contributed by atoms with E-state index in [0.29, 0.717) is 12.8 Å². The van der Waals surface area contributed by atoms with Crippen molar-refractivity contribution in [3.05, 3.63) is 34.6 Å². The van der Waals surface area contributed by atoms with E-state index in [1.54, 1.807) is 0 Å². The molecule has 0 aromatic heterocycles. The Morgan fingerprint density at radius 2 is 1.59 bits per heavy atom. The summed E-state index contributed by atoms with van der Waals surface area (Å²) in [5, 5.41) is 0. The Bertz CT molecular complexity index is 505. The first kappa shape index (κ1) is 18.7. The summed E-state index contributed by atoms with van der Waals surface area (Å²) in [6.45, 7) is 1.87. The Morgan fingerprint density at radius 3 is 2.05 bits per heavy atom. The van der Waals surface area contributed by atoms with Crippen molar-refractivity contribution in [1.29, 1.82) is 0 Å². The number of hydrogen-bond acceptors (Lipinski definition) is 1. The van der Waals surface area contributed by atoms with Gasteiger partial charge in [0.15, 0.2) is 0 Å². The monoisotopic (exact) mass is 331 g/mol. The summed E-state index contributed by atoms with van der Waals surface area (Å²) in [4.78, 5) is 0. The summed E-state index contributed by atoms with van der Waals surface area (Å²) in [5.74, 6) is -1.58. The fourth-order valence-electron chi connectivity index (χ4n) is 2.15. The van der Waals surface area contributed by atoms with Gasteiger partial charge in [-0.1, -0.05) is 26.2 Å². The summed E-state index contributed by atoms with van der Waals surface area (Å²) in [6, 6.07) is -1.33. The first-order valence-corrected chi connectivity index (χ1v) is 6.71. The van der Waals surface area contributed by atoms with E-state index in [2.05, 4.69) is 0 Å². The van der Waals surface area contributed by atoms with E-state index in [9.17, 15) is 30.7 Å². The van der Waals surface area contributed by atoms with Crippen LogP contribution in [0.15, 0.2) is 12.1 Å². The van der Waals surface area contributed by atoms with Crippen LogP contribution in [0.3, 0.4) is 0 Å². The largest absolute Gasteiger partial charge is 0.416 e. The van der Waals surface area contributed by atoms with E-state index in [1.807, 2.05) is 6.92 Å². The highest BCUT2D eigenvalue weighted by atomic mass is 19.4. The van der Waals surface area contributed by atoms with Crippen LogP contribution in [0.2, 0.25) is 0 Å². The maximum absolute atomic E-state index is 13.9. The highest BCUT2D eigenvalue weighted by molar-refractivity contribution is 5.38. The van der Waals surface area contributed by atoms with Crippen LogP contribution < -0.4 is 5.73 Å². The molecule has 126 valence electrons. The molecule has 0 bridgehead atoms. The molecule has 0 amide bonds. The number of benzene rings is 1. The Morgan fingerprint density at radius 1 is 1.00 bits per heavy atom. The lowest BCUT2D eigenvalue weighted by molar-refractivity contribution is -0.144. The lowest BCUT2D eigenvalue weighted by Crippen LogP contribution is -2.21. The number of nitrogens with two attached hydrogens (primary N) is 1. The molecule has 0 spiro atoms. The fourth-order valence-corrected chi connectivity index (χ4v) is 2.15. The van der Waals surface area contributed by atoms with Crippen LogP contribution in [0.25, 0.3) is 0 Å². The lowest BCUT2D eigenvalue weighted by atomic mass is 9.93. The summed E-state index contributed by atoms with van der Waals surface area (Å²) in [6.07, 6.45) is -8.16. The molecule has 2 N–H and O–H groups in total. The zero-order chi connectivity index (χ0) is 17.1. The van der Waals surface area contributed by atoms with Gasteiger partial charge < -0.3 is 5.73 Å². The molecule has 0 heterocycles. The molecule has 0 aliphatic heterocycles. The summed E-state index contributed by atoms with van der Waals surface area (Å²) < 4.78 is 90.4. The minimum absolute atomic E-state index is 0.0598. The zero-order valence-corrected chi connectivity index (χ0v) is 11.8. The predicted molar refractivity (Wildman–Crippen MR) is 67.5 cm³/mol. The maximum Gasteiger partial charge on any atom is 0.416 e. The Labute approximate surface area is 123 Å². The van der Waals surface area contributed by atoms with Gasteiger partial charge in [-0.2, -0.15) is 26.3 Å². The van der Waals surface area contributed by atoms with Crippen LogP contribution in [0, 0.1) is 5.82 Å². The second kappa shape index (κ2) is 6.85. The SMILES string of the molecule is CCCCC[C@H](N)c1c(F)cc(C(F)(F)F)cc1C(F)(F)F. The van der Waals surface area contributed by atoms with E-state index >= 15 is 0 Å². The van der Waals surface area contributed by atoms with Crippen LogP contribution in [-0.4, -0.2) is 0 Å². The van der Waals surface area contributed by atoms with Crippen molar-refractivity contribution < 1.29 is 30.7 Å². The van der Waals surface area contributed by atoms with Crippen molar-refractivity contribution in [2.45, 2.75) is 51.0 Å². The molecule has 1 aromatic rings. The molecule has 0 aliphatic rings. The normalized spacial score (nSPS) is 14.2. The second-order valence-electron chi connectivity index (χ2n) is 5.02. The van der Waals surface area contributed by atoms with E-state index in [-0.39, 0.29) is 18.6 Å². The molecule has 1 atom stereocenters. The second-order valence-corrected chi connectivity index (χ2v) is 5.02. The smallest absolute Gasteiger partial charge is 0.324 e. The minimum Gasteiger partial charge on any atom is -0.324 e. The molecule has 0 saturated carbocycles. The molecular formula is C14H16F7N. The van der Waals surface area contributed by atoms with Gasteiger partial charge in [-0.05, 0) is 18.6 Å². The lowest BCUT2D eigenvalue weighted by Gasteiger charge is -2.21. The van der Waals surface area contributed by atoms with Gasteiger partial charge in [-0.3, -0.25) is 0 Å². The molecule has 1 rings (SSSR count). The molecule has 0 radical (unpaired) electrons. The molecule has 1 aromatic carbocycles. The summed E-state index contributed by atoms with van der Waals surface area (Å²) in [7, 11) is 0. The van der Waals surface area contributed by atoms with Crippen LogP contribution >= 0.6 is 0 Å². The molecular weight excluding hydrogens is 315 g/mol. The van der Waals surface area contributed by atoms with Crippen molar-refractivity contribution in [3.8, 4) is 0 Å². The molecule has 0 fully saturated rings. The van der Waals surface area contributed by atoms with Crippen molar-refractivity contribution in [1.82, 2.24) is 0 Å². The van der Waals surface area contributed by atoms with Crippen molar-refractivity contribution in [3.63, 3.8) is 0 Å². The summed E-state index contributed by atoms with van der Waals surface area (Å²) >= 11 is 0. The predicted octanol–water partition coefficient (Wildman–Crippen LogP) is 5.44. The van der Waals surface area contributed by atoms with Gasteiger partial charge in [0.25, 0.3) is 0 Å². The van der Waals surface area contributed by atoms with Crippen LogP contribution in [0.1, 0.15) is 55.3 Å². The molecule has 22 heavy (non-hydrogen) atoms. The first-order valence-electron chi connectivity index (χ1n) is 6.71. The van der Waals surface area contributed by atoms with Gasteiger partial charge in [0.05, 0.1) is 11.1 Å². The average molecular weight is 331 g/mol. The molecule has 8 heteroatoms. The third-order valence-electron chi connectivity index (χ3n) is 3.25. The number of halogens is 7. The highest BCUT2D eigenvalue weighted by Gasteiger charge is 2.40. The van der Waals surface area contributed by atoms with E-state index in [1.165, 1.54) is 0 Å². The van der Waals surface area contributed by atoms with Gasteiger partial charge in [-0.15, -0.1) is 0 Å². The van der Waals surface area contributed by atoms with Crippen molar-refractivity contribution in [2.24, 2.45) is 5.73 Å².